The van der Waals surface area contributed by atoms with Gasteiger partial charge in [-0.1, -0.05) is 0 Å². The minimum Gasteiger partial charge on any atom is -0.368 e. The summed E-state index contributed by atoms with van der Waals surface area (Å²) in [6, 6.07) is 3.98. The molecule has 0 aliphatic rings. The van der Waals surface area contributed by atoms with Crippen molar-refractivity contribution in [2.45, 2.75) is 13.5 Å². The molecule has 0 fully saturated rings. The minimum absolute atomic E-state index is 0.274. The Morgan fingerprint density at radius 1 is 1.42 bits per heavy atom. The van der Waals surface area contributed by atoms with Crippen molar-refractivity contribution in [1.82, 2.24) is 19.7 Å². The van der Waals surface area contributed by atoms with Crippen molar-refractivity contribution in [2.75, 3.05) is 11.9 Å². The number of thiophene rings is 1. The van der Waals surface area contributed by atoms with Crippen LogP contribution in [-0.2, 0) is 6.54 Å². The van der Waals surface area contributed by atoms with E-state index in [9.17, 15) is 0 Å². The highest BCUT2D eigenvalue weighted by molar-refractivity contribution is 7.18. The van der Waals surface area contributed by atoms with E-state index in [1.807, 2.05) is 23.9 Å². The molecule has 0 spiro atoms. The maximum atomic E-state index is 5.94. The highest BCUT2D eigenvalue weighted by Gasteiger charge is 2.09. The van der Waals surface area contributed by atoms with Crippen LogP contribution in [-0.4, -0.2) is 26.3 Å². The van der Waals surface area contributed by atoms with E-state index in [2.05, 4.69) is 26.4 Å². The molecule has 19 heavy (non-hydrogen) atoms. The van der Waals surface area contributed by atoms with Gasteiger partial charge in [-0.15, -0.1) is 11.3 Å². The number of anilines is 1. The summed E-state index contributed by atoms with van der Waals surface area (Å²) < 4.78 is 1.87. The summed E-state index contributed by atoms with van der Waals surface area (Å²) in [5.74, 6) is 0.784. The molecule has 3 aromatic heterocycles. The van der Waals surface area contributed by atoms with Crippen molar-refractivity contribution in [1.29, 1.82) is 0 Å². The van der Waals surface area contributed by atoms with Crippen molar-refractivity contribution in [2.24, 2.45) is 0 Å². The first-order valence-corrected chi connectivity index (χ1v) is 7.07. The Kier molecular flexibility index (Phi) is 3.35. The van der Waals surface area contributed by atoms with Crippen molar-refractivity contribution >= 4 is 39.0 Å². The molecule has 7 heteroatoms. The fourth-order valence-electron chi connectivity index (χ4n) is 1.87. The van der Waals surface area contributed by atoms with Gasteiger partial charge in [0.1, 0.15) is 10.6 Å². The van der Waals surface area contributed by atoms with E-state index in [0.29, 0.717) is 0 Å². The maximum absolute atomic E-state index is 5.94. The lowest BCUT2D eigenvalue weighted by Gasteiger charge is -2.07. The molecule has 0 radical (unpaired) electrons. The van der Waals surface area contributed by atoms with E-state index in [1.54, 1.807) is 17.5 Å². The number of aromatic nitrogens is 4. The maximum Gasteiger partial charge on any atom is 0.225 e. The van der Waals surface area contributed by atoms with Crippen molar-refractivity contribution in [3.8, 4) is 0 Å². The van der Waals surface area contributed by atoms with Gasteiger partial charge in [-0.05, 0) is 30.7 Å². The molecule has 3 rings (SSSR count). The Bertz CT molecular complexity index is 692. The molecule has 3 heterocycles. The van der Waals surface area contributed by atoms with Gasteiger partial charge in [0.2, 0.25) is 5.28 Å². The third kappa shape index (κ3) is 2.69. The predicted molar refractivity (Wildman–Crippen MR) is 77.9 cm³/mol. The lowest BCUT2D eigenvalue weighted by Crippen LogP contribution is -2.12. The van der Waals surface area contributed by atoms with E-state index in [-0.39, 0.29) is 5.28 Å². The summed E-state index contributed by atoms with van der Waals surface area (Å²) in [5, 5.41) is 8.74. The monoisotopic (exact) mass is 293 g/mol. The van der Waals surface area contributed by atoms with Crippen LogP contribution in [0.4, 0.5) is 5.82 Å². The molecule has 0 aliphatic carbocycles. The third-order valence-corrected chi connectivity index (χ3v) is 3.79. The lowest BCUT2D eigenvalue weighted by atomic mass is 10.3. The molecule has 0 saturated heterocycles. The quantitative estimate of drug-likeness (QED) is 0.752. The van der Waals surface area contributed by atoms with Crippen LogP contribution >= 0.6 is 22.9 Å². The van der Waals surface area contributed by atoms with Gasteiger partial charge in [0.25, 0.3) is 0 Å². The molecule has 0 atom stereocenters. The average molecular weight is 294 g/mol. The molecule has 5 nitrogen and oxygen atoms in total. The van der Waals surface area contributed by atoms with Crippen molar-refractivity contribution < 1.29 is 0 Å². The first kappa shape index (κ1) is 12.4. The number of hydrogen-bond acceptors (Lipinski definition) is 5. The van der Waals surface area contributed by atoms with Gasteiger partial charge in [0.15, 0.2) is 0 Å². The van der Waals surface area contributed by atoms with E-state index in [0.717, 1.165) is 29.1 Å². The standard InChI is InChI=1S/C12H12ClN5S/c1-8-7-9-10(16-12(13)17-11(9)19-8)14-4-6-18-5-2-3-15-18/h2-3,5,7H,4,6H2,1H3,(H,14,16,17). The van der Waals surface area contributed by atoms with Gasteiger partial charge in [-0.25, -0.2) is 9.97 Å². The summed E-state index contributed by atoms with van der Waals surface area (Å²) >= 11 is 7.56. The van der Waals surface area contributed by atoms with E-state index in [1.165, 1.54) is 4.88 Å². The van der Waals surface area contributed by atoms with E-state index < -0.39 is 0 Å². The molecule has 0 unspecified atom stereocenters. The topological polar surface area (TPSA) is 55.6 Å². The first-order chi connectivity index (χ1) is 9.22. The fourth-order valence-corrected chi connectivity index (χ4v) is 2.97. The lowest BCUT2D eigenvalue weighted by molar-refractivity contribution is 0.637. The summed E-state index contributed by atoms with van der Waals surface area (Å²) in [5.41, 5.74) is 0. The Morgan fingerprint density at radius 2 is 2.32 bits per heavy atom. The summed E-state index contributed by atoms with van der Waals surface area (Å²) in [6.07, 6.45) is 3.70. The van der Waals surface area contributed by atoms with Crippen LogP contribution in [0.3, 0.4) is 0 Å². The van der Waals surface area contributed by atoms with Crippen LogP contribution in [0.1, 0.15) is 4.88 Å². The molecule has 0 aliphatic heterocycles. The smallest absolute Gasteiger partial charge is 0.225 e. The molecule has 0 saturated carbocycles. The average Bonchev–Trinajstić information content (AvgIpc) is 2.97. The number of rotatable bonds is 4. The largest absolute Gasteiger partial charge is 0.368 e. The fraction of sp³-hybridized carbons (Fsp3) is 0.250. The second-order valence-corrected chi connectivity index (χ2v) is 5.69. The van der Waals surface area contributed by atoms with Crippen LogP contribution in [0, 0.1) is 6.92 Å². The minimum atomic E-state index is 0.274. The number of fused-ring (bicyclic) bond motifs is 1. The van der Waals surface area contributed by atoms with Crippen molar-refractivity contribution in [3.63, 3.8) is 0 Å². The number of nitrogens with one attached hydrogen (secondary N) is 1. The molecule has 3 aromatic rings. The second-order valence-electron chi connectivity index (χ2n) is 4.11. The molecular formula is C12H12ClN5S. The zero-order chi connectivity index (χ0) is 13.2. The van der Waals surface area contributed by atoms with E-state index >= 15 is 0 Å². The van der Waals surface area contributed by atoms with Crippen molar-refractivity contribution in [3.05, 3.63) is 34.7 Å². The molecule has 0 bridgehead atoms. The Labute approximate surface area is 119 Å². The molecule has 0 aromatic carbocycles. The van der Waals surface area contributed by atoms with Crippen LogP contribution in [0.15, 0.2) is 24.5 Å². The summed E-state index contributed by atoms with van der Waals surface area (Å²) in [7, 11) is 0. The van der Waals surface area contributed by atoms with Crippen LogP contribution in [0.25, 0.3) is 10.2 Å². The third-order valence-electron chi connectivity index (χ3n) is 2.68. The Balaban J connectivity index is 1.79. The second kappa shape index (κ2) is 5.14. The zero-order valence-electron chi connectivity index (χ0n) is 10.3. The highest BCUT2D eigenvalue weighted by atomic mass is 35.5. The highest BCUT2D eigenvalue weighted by Crippen LogP contribution is 2.29. The summed E-state index contributed by atoms with van der Waals surface area (Å²) in [6.45, 7) is 3.56. The SMILES string of the molecule is Cc1cc2c(NCCn3cccn3)nc(Cl)nc2s1. The zero-order valence-corrected chi connectivity index (χ0v) is 11.9. The van der Waals surface area contributed by atoms with Crippen LogP contribution in [0.5, 0.6) is 0 Å². The van der Waals surface area contributed by atoms with E-state index in [4.69, 9.17) is 11.6 Å². The first-order valence-electron chi connectivity index (χ1n) is 5.87. The Hall–Kier alpha value is -1.66. The normalized spacial score (nSPS) is 11.1. The molecular weight excluding hydrogens is 282 g/mol. The van der Waals surface area contributed by atoms with Gasteiger partial charge < -0.3 is 5.32 Å². The predicted octanol–water partition coefficient (Wildman–Crippen LogP) is 2.96. The van der Waals surface area contributed by atoms with Gasteiger partial charge in [-0.3, -0.25) is 4.68 Å². The number of halogens is 1. The number of hydrogen-bond donors (Lipinski definition) is 1. The van der Waals surface area contributed by atoms with Crippen LogP contribution < -0.4 is 5.32 Å². The van der Waals surface area contributed by atoms with Gasteiger partial charge in [-0.2, -0.15) is 5.10 Å². The summed E-state index contributed by atoms with van der Waals surface area (Å²) in [4.78, 5) is 10.6. The van der Waals surface area contributed by atoms with Crippen LogP contribution in [0.2, 0.25) is 5.28 Å². The van der Waals surface area contributed by atoms with Gasteiger partial charge in [0, 0.05) is 23.8 Å². The van der Waals surface area contributed by atoms with Gasteiger partial charge >= 0.3 is 0 Å². The number of nitrogens with zero attached hydrogens (tertiary/aromatic N) is 4. The molecule has 0 amide bonds. The molecule has 1 N–H and O–H groups in total. The number of aryl methyl sites for hydroxylation is 1. The molecule has 98 valence electrons. The van der Waals surface area contributed by atoms with Gasteiger partial charge in [0.05, 0.1) is 11.9 Å². The Morgan fingerprint density at radius 3 is 3.11 bits per heavy atom.